The van der Waals surface area contributed by atoms with Crippen LogP contribution in [0.15, 0.2) is 11.6 Å². The number of Topliss-reactive ketones (excluding diaryl/α,β-unsaturated/α-hetero) is 1. The first-order valence-corrected chi connectivity index (χ1v) is 11.9. The van der Waals surface area contributed by atoms with Gasteiger partial charge in [0, 0.05) is 35.4 Å². The number of rotatable bonds is 3. The van der Waals surface area contributed by atoms with Crippen molar-refractivity contribution < 1.29 is 47.1 Å². The van der Waals surface area contributed by atoms with E-state index >= 15 is 0 Å². The SMILES string of the molecule is CC(C)(O)CN.C[C@]12CCC(=O)C=C1CC[C@@H]1[C@@H]2[C@@H](O)C[C@@]2(C)[C@H]1CC[C@]2(O)C(=O)CO.[Cu]. The van der Waals surface area contributed by atoms with E-state index < -0.39 is 35.1 Å². The van der Waals surface area contributed by atoms with E-state index in [0.29, 0.717) is 25.8 Å². The van der Waals surface area contributed by atoms with Crippen molar-refractivity contribution in [1.82, 2.24) is 0 Å². The van der Waals surface area contributed by atoms with Crippen LogP contribution in [0.2, 0.25) is 0 Å². The van der Waals surface area contributed by atoms with Crippen LogP contribution in [0, 0.1) is 28.6 Å². The average Bonchev–Trinajstić information content (AvgIpc) is 2.99. The van der Waals surface area contributed by atoms with Gasteiger partial charge in [-0.25, -0.2) is 0 Å². The molecule has 0 spiro atoms. The number of hydrogen-bond donors (Lipinski definition) is 5. The molecule has 0 bridgehead atoms. The Morgan fingerprint density at radius 1 is 1.21 bits per heavy atom. The average molecular weight is 515 g/mol. The molecular weight excluding hydrogens is 474 g/mol. The van der Waals surface area contributed by atoms with E-state index in [-0.39, 0.29) is 46.0 Å². The molecule has 7 atom stereocenters. The molecule has 1 radical (unpaired) electrons. The van der Waals surface area contributed by atoms with Crippen molar-refractivity contribution in [3.63, 3.8) is 0 Å². The minimum atomic E-state index is -1.54. The molecule has 0 amide bonds. The van der Waals surface area contributed by atoms with Crippen LogP contribution >= 0.6 is 0 Å². The van der Waals surface area contributed by atoms with Crippen LogP contribution in [-0.2, 0) is 26.7 Å². The first-order chi connectivity index (χ1) is 14.7. The molecule has 4 aliphatic carbocycles. The van der Waals surface area contributed by atoms with Gasteiger partial charge in [-0.3, -0.25) is 9.59 Å². The maximum atomic E-state index is 12.4. The summed E-state index contributed by atoms with van der Waals surface area (Å²) in [5.41, 5.74) is 3.14. The molecule has 4 rings (SSSR count). The number of aliphatic hydroxyl groups excluding tert-OH is 2. The summed E-state index contributed by atoms with van der Waals surface area (Å²) in [6.45, 7) is 7.13. The first-order valence-electron chi connectivity index (χ1n) is 11.9. The minimum absolute atomic E-state index is 0. The second kappa shape index (κ2) is 9.81. The van der Waals surface area contributed by atoms with Crippen LogP contribution in [0.3, 0.4) is 0 Å². The zero-order valence-electron chi connectivity index (χ0n) is 20.2. The monoisotopic (exact) mass is 514 g/mol. The molecule has 0 aromatic rings. The Kier molecular flexibility index (Phi) is 8.51. The van der Waals surface area contributed by atoms with E-state index in [1.807, 2.05) is 6.92 Å². The number of aliphatic hydroxyl groups is 4. The number of ketones is 2. The number of nitrogens with two attached hydrogens (primary N) is 1. The number of carbonyl (C=O) groups is 2. The topological polar surface area (TPSA) is 141 Å². The van der Waals surface area contributed by atoms with Crippen LogP contribution in [0.5, 0.6) is 0 Å². The summed E-state index contributed by atoms with van der Waals surface area (Å²) in [6.07, 6.45) is 5.74. The van der Waals surface area contributed by atoms with Crippen molar-refractivity contribution in [1.29, 1.82) is 0 Å². The summed E-state index contributed by atoms with van der Waals surface area (Å²) in [7, 11) is 0. The summed E-state index contributed by atoms with van der Waals surface area (Å²) in [5.74, 6) is 0.140. The summed E-state index contributed by atoms with van der Waals surface area (Å²) in [6, 6.07) is 0. The summed E-state index contributed by atoms with van der Waals surface area (Å²) >= 11 is 0. The Morgan fingerprint density at radius 3 is 2.36 bits per heavy atom. The Labute approximate surface area is 207 Å². The van der Waals surface area contributed by atoms with Gasteiger partial charge in [0.05, 0.1) is 11.7 Å². The second-order valence-corrected chi connectivity index (χ2v) is 11.6. The summed E-state index contributed by atoms with van der Waals surface area (Å²) < 4.78 is 0. The largest absolute Gasteiger partial charge is 0.393 e. The van der Waals surface area contributed by atoms with Crippen LogP contribution in [0.25, 0.3) is 0 Å². The molecule has 6 N–H and O–H groups in total. The van der Waals surface area contributed by atoms with E-state index in [9.17, 15) is 24.9 Å². The molecule has 33 heavy (non-hydrogen) atoms. The number of carbonyl (C=O) groups excluding carboxylic acids is 2. The number of hydrogen-bond acceptors (Lipinski definition) is 7. The Bertz CT molecular complexity index is 794. The van der Waals surface area contributed by atoms with Crippen LogP contribution < -0.4 is 5.73 Å². The zero-order valence-corrected chi connectivity index (χ0v) is 21.2. The number of fused-ring (bicyclic) bond motifs is 5. The van der Waals surface area contributed by atoms with Gasteiger partial charge in [0.25, 0.3) is 0 Å². The predicted octanol–water partition coefficient (Wildman–Crippen LogP) is 1.50. The van der Waals surface area contributed by atoms with Crippen molar-refractivity contribution in [2.45, 2.75) is 89.9 Å². The Morgan fingerprint density at radius 2 is 1.82 bits per heavy atom. The molecule has 0 heterocycles. The summed E-state index contributed by atoms with van der Waals surface area (Å²) in [4.78, 5) is 24.3. The minimum Gasteiger partial charge on any atom is -0.393 e. The van der Waals surface area contributed by atoms with Gasteiger partial charge in [-0.1, -0.05) is 19.4 Å². The predicted molar refractivity (Wildman–Crippen MR) is 120 cm³/mol. The number of allylic oxidation sites excluding steroid dienone is 1. The standard InChI is InChI=1S/C21H30O5.C4H11NO.Cu/c1-19-7-5-13(23)9-12(19)3-4-14-15-6-8-21(26,17(25)11-22)20(15,2)10-16(24)18(14)19;1-4(2,6)3-5;/h9,14-16,18,22,24,26H,3-8,10-11H2,1-2H3;6H,3,5H2,1-2H3;/t14-,15-,16-,18+,19-,20-,21-;;/m0../s1. The quantitative estimate of drug-likeness (QED) is 0.359. The fourth-order valence-electron chi connectivity index (χ4n) is 7.28. The second-order valence-electron chi connectivity index (χ2n) is 11.6. The Balaban J connectivity index is 0.000000491. The van der Waals surface area contributed by atoms with E-state index in [1.165, 1.54) is 5.57 Å². The van der Waals surface area contributed by atoms with Gasteiger partial charge < -0.3 is 26.2 Å². The van der Waals surface area contributed by atoms with Gasteiger partial charge in [-0.15, -0.1) is 0 Å². The van der Waals surface area contributed by atoms with Crippen LogP contribution in [-0.4, -0.2) is 62.5 Å². The fraction of sp³-hybridized carbons (Fsp3) is 0.840. The normalized spacial score (nSPS) is 42.0. The molecule has 7 nitrogen and oxygen atoms in total. The van der Waals surface area contributed by atoms with Gasteiger partial charge >= 0.3 is 0 Å². The van der Waals surface area contributed by atoms with Gasteiger partial charge in [0.2, 0.25) is 0 Å². The van der Waals surface area contributed by atoms with Gasteiger partial charge in [-0.2, -0.15) is 0 Å². The van der Waals surface area contributed by atoms with E-state index in [1.54, 1.807) is 19.9 Å². The molecule has 193 valence electrons. The van der Waals surface area contributed by atoms with Gasteiger partial charge in [0.15, 0.2) is 11.6 Å². The van der Waals surface area contributed by atoms with Crippen molar-refractivity contribution >= 4 is 11.6 Å². The smallest absolute Gasteiger partial charge is 0.190 e. The van der Waals surface area contributed by atoms with E-state index in [0.717, 1.165) is 25.7 Å². The van der Waals surface area contributed by atoms with Crippen molar-refractivity contribution in [3.05, 3.63) is 11.6 Å². The molecule has 4 aliphatic rings. The maximum absolute atomic E-state index is 12.4. The van der Waals surface area contributed by atoms with Crippen molar-refractivity contribution in [2.24, 2.45) is 34.3 Å². The summed E-state index contributed by atoms with van der Waals surface area (Å²) in [5, 5.41) is 40.4. The van der Waals surface area contributed by atoms with Gasteiger partial charge in [0.1, 0.15) is 12.2 Å². The molecule has 3 fully saturated rings. The fourth-order valence-corrected chi connectivity index (χ4v) is 7.28. The third-order valence-corrected chi connectivity index (χ3v) is 9.15. The molecule has 0 aliphatic heterocycles. The maximum Gasteiger partial charge on any atom is 0.190 e. The van der Waals surface area contributed by atoms with Crippen LogP contribution in [0.4, 0.5) is 0 Å². The van der Waals surface area contributed by atoms with Gasteiger partial charge in [-0.05, 0) is 81.6 Å². The van der Waals surface area contributed by atoms with E-state index in [2.05, 4.69) is 6.92 Å². The van der Waals surface area contributed by atoms with Crippen molar-refractivity contribution in [2.75, 3.05) is 13.2 Å². The molecule has 0 aromatic heterocycles. The molecule has 3 saturated carbocycles. The third kappa shape index (κ3) is 4.77. The van der Waals surface area contributed by atoms with Crippen molar-refractivity contribution in [3.8, 4) is 0 Å². The van der Waals surface area contributed by atoms with Crippen LogP contribution in [0.1, 0.15) is 72.6 Å². The Hall–Kier alpha value is -0.601. The molecule has 8 heteroatoms. The molecule has 0 aromatic carbocycles. The molecular formula is C25H41CuNO6. The molecule has 0 saturated heterocycles. The zero-order chi connectivity index (χ0) is 24.1. The third-order valence-electron chi connectivity index (χ3n) is 9.15. The van der Waals surface area contributed by atoms with E-state index in [4.69, 9.17) is 10.8 Å². The first kappa shape index (κ1) is 28.6. The molecule has 0 unspecified atom stereocenters.